The largest absolute Gasteiger partial charge is 0.268 e. The average molecular weight is 330 g/mol. The summed E-state index contributed by atoms with van der Waals surface area (Å²) in [5.41, 5.74) is 3.54. The summed E-state index contributed by atoms with van der Waals surface area (Å²) in [4.78, 5) is 26.2. The molecule has 0 aliphatic carbocycles. The molecule has 0 saturated carbocycles. The Labute approximate surface area is 125 Å². The molecule has 2 amide bonds. The number of anilines is 1. The summed E-state index contributed by atoms with van der Waals surface area (Å²) in [7, 11) is 0. The molecule has 0 radical (unpaired) electrons. The van der Waals surface area contributed by atoms with Gasteiger partial charge in [-0.05, 0) is 49.2 Å². The maximum atomic E-state index is 12.4. The standard InChI is InChI=1S/C16H12BrNO2/c1-9-10(2)14(8-7-13(9)17)18-15(19)11-5-3-4-6-12(11)16(18)20/h3-8H,1-2H3. The minimum absolute atomic E-state index is 0.254. The fourth-order valence-electron chi connectivity index (χ4n) is 2.42. The number of hydrogen-bond donors (Lipinski definition) is 0. The van der Waals surface area contributed by atoms with Crippen LogP contribution < -0.4 is 4.90 Å². The van der Waals surface area contributed by atoms with E-state index in [9.17, 15) is 9.59 Å². The Morgan fingerprint density at radius 2 is 1.40 bits per heavy atom. The zero-order valence-corrected chi connectivity index (χ0v) is 12.7. The van der Waals surface area contributed by atoms with Gasteiger partial charge in [-0.1, -0.05) is 28.1 Å². The number of rotatable bonds is 1. The molecule has 0 fully saturated rings. The third kappa shape index (κ3) is 1.72. The summed E-state index contributed by atoms with van der Waals surface area (Å²) in [6.45, 7) is 3.88. The molecule has 0 aromatic heterocycles. The van der Waals surface area contributed by atoms with Crippen LogP contribution in [0.1, 0.15) is 31.8 Å². The number of amides is 2. The molecule has 2 aromatic carbocycles. The molecule has 20 heavy (non-hydrogen) atoms. The second-order valence-corrected chi connectivity index (χ2v) is 5.66. The van der Waals surface area contributed by atoms with E-state index in [2.05, 4.69) is 15.9 Å². The Bertz CT molecular complexity index is 717. The van der Waals surface area contributed by atoms with Crippen LogP contribution >= 0.6 is 15.9 Å². The minimum Gasteiger partial charge on any atom is -0.268 e. The fraction of sp³-hybridized carbons (Fsp3) is 0.125. The van der Waals surface area contributed by atoms with Crippen LogP contribution in [0.3, 0.4) is 0 Å². The summed E-state index contributed by atoms with van der Waals surface area (Å²) in [6, 6.07) is 10.6. The van der Waals surface area contributed by atoms with Gasteiger partial charge in [0.2, 0.25) is 0 Å². The molecule has 0 spiro atoms. The first-order chi connectivity index (χ1) is 9.52. The van der Waals surface area contributed by atoms with Crippen LogP contribution in [0.4, 0.5) is 5.69 Å². The Morgan fingerprint density at radius 1 is 0.850 bits per heavy atom. The molecular weight excluding hydrogens is 318 g/mol. The summed E-state index contributed by atoms with van der Waals surface area (Å²) in [5.74, 6) is -0.508. The van der Waals surface area contributed by atoms with Crippen LogP contribution in [0.15, 0.2) is 40.9 Å². The fourth-order valence-corrected chi connectivity index (χ4v) is 2.85. The molecule has 100 valence electrons. The number of benzene rings is 2. The predicted molar refractivity (Wildman–Crippen MR) is 81.2 cm³/mol. The number of fused-ring (bicyclic) bond motifs is 1. The van der Waals surface area contributed by atoms with E-state index < -0.39 is 0 Å². The average Bonchev–Trinajstić information content (AvgIpc) is 2.70. The van der Waals surface area contributed by atoms with Gasteiger partial charge in [-0.3, -0.25) is 9.59 Å². The van der Waals surface area contributed by atoms with Crippen LogP contribution in [0.5, 0.6) is 0 Å². The number of carbonyl (C=O) groups excluding carboxylic acids is 2. The molecule has 4 heteroatoms. The highest BCUT2D eigenvalue weighted by molar-refractivity contribution is 9.10. The normalized spacial score (nSPS) is 13.8. The van der Waals surface area contributed by atoms with Crippen LogP contribution in [-0.4, -0.2) is 11.8 Å². The van der Waals surface area contributed by atoms with Gasteiger partial charge in [0.25, 0.3) is 11.8 Å². The van der Waals surface area contributed by atoms with Crippen LogP contribution in [0.2, 0.25) is 0 Å². The van der Waals surface area contributed by atoms with Gasteiger partial charge in [-0.15, -0.1) is 0 Å². The Kier molecular flexibility index (Phi) is 2.98. The van der Waals surface area contributed by atoms with Crippen molar-refractivity contribution in [1.82, 2.24) is 0 Å². The van der Waals surface area contributed by atoms with Crippen LogP contribution in [0, 0.1) is 13.8 Å². The smallest absolute Gasteiger partial charge is 0.266 e. The van der Waals surface area contributed by atoms with Gasteiger partial charge in [0.05, 0.1) is 16.8 Å². The SMILES string of the molecule is Cc1c(Br)ccc(N2C(=O)c3ccccc3C2=O)c1C. The molecule has 0 saturated heterocycles. The van der Waals surface area contributed by atoms with Gasteiger partial charge in [-0.25, -0.2) is 4.90 Å². The number of hydrogen-bond acceptors (Lipinski definition) is 2. The van der Waals surface area contributed by atoms with Gasteiger partial charge in [0.15, 0.2) is 0 Å². The zero-order chi connectivity index (χ0) is 14.4. The second-order valence-electron chi connectivity index (χ2n) is 4.81. The third-order valence-electron chi connectivity index (χ3n) is 3.73. The van der Waals surface area contributed by atoms with E-state index in [0.717, 1.165) is 15.6 Å². The van der Waals surface area contributed by atoms with Gasteiger partial charge in [-0.2, -0.15) is 0 Å². The van der Waals surface area contributed by atoms with E-state index in [-0.39, 0.29) is 11.8 Å². The first-order valence-electron chi connectivity index (χ1n) is 6.26. The molecule has 1 aliphatic heterocycles. The van der Waals surface area contributed by atoms with Crippen LogP contribution in [0.25, 0.3) is 0 Å². The first-order valence-corrected chi connectivity index (χ1v) is 7.05. The topological polar surface area (TPSA) is 37.4 Å². The van der Waals surface area contributed by atoms with E-state index in [1.807, 2.05) is 19.9 Å². The summed E-state index contributed by atoms with van der Waals surface area (Å²) >= 11 is 3.46. The lowest BCUT2D eigenvalue weighted by Gasteiger charge is -2.18. The highest BCUT2D eigenvalue weighted by Gasteiger charge is 2.37. The maximum absolute atomic E-state index is 12.4. The minimum atomic E-state index is -0.254. The first kappa shape index (κ1) is 13.1. The molecule has 0 atom stereocenters. The van der Waals surface area contributed by atoms with Gasteiger partial charge >= 0.3 is 0 Å². The number of nitrogens with zero attached hydrogens (tertiary/aromatic N) is 1. The summed E-state index contributed by atoms with van der Waals surface area (Å²) in [5, 5.41) is 0. The summed E-state index contributed by atoms with van der Waals surface area (Å²) < 4.78 is 0.968. The molecule has 3 nitrogen and oxygen atoms in total. The lowest BCUT2D eigenvalue weighted by atomic mass is 10.1. The molecule has 3 rings (SSSR count). The second kappa shape index (κ2) is 4.56. The molecule has 2 aromatic rings. The number of halogens is 1. The number of imide groups is 1. The Balaban J connectivity index is 2.17. The zero-order valence-electron chi connectivity index (χ0n) is 11.1. The van der Waals surface area contributed by atoms with Crippen molar-refractivity contribution in [2.45, 2.75) is 13.8 Å². The van der Waals surface area contributed by atoms with Gasteiger partial charge < -0.3 is 0 Å². The van der Waals surface area contributed by atoms with Gasteiger partial charge in [0, 0.05) is 4.47 Å². The van der Waals surface area contributed by atoms with Crippen molar-refractivity contribution in [1.29, 1.82) is 0 Å². The maximum Gasteiger partial charge on any atom is 0.266 e. The third-order valence-corrected chi connectivity index (χ3v) is 4.59. The van der Waals surface area contributed by atoms with E-state index in [1.165, 1.54) is 4.90 Å². The Morgan fingerprint density at radius 3 is 1.95 bits per heavy atom. The van der Waals surface area contributed by atoms with E-state index in [1.54, 1.807) is 30.3 Å². The lowest BCUT2D eigenvalue weighted by molar-refractivity contribution is 0.0926. The lowest BCUT2D eigenvalue weighted by Crippen LogP contribution is -2.30. The van der Waals surface area contributed by atoms with Crippen molar-refractivity contribution >= 4 is 33.4 Å². The number of carbonyl (C=O) groups is 2. The van der Waals surface area contributed by atoms with Crippen molar-refractivity contribution in [3.63, 3.8) is 0 Å². The van der Waals surface area contributed by atoms with Crippen molar-refractivity contribution < 1.29 is 9.59 Å². The molecule has 1 aliphatic rings. The van der Waals surface area contributed by atoms with Crippen LogP contribution in [-0.2, 0) is 0 Å². The Hall–Kier alpha value is -1.94. The monoisotopic (exact) mass is 329 g/mol. The molecule has 0 N–H and O–H groups in total. The van der Waals surface area contributed by atoms with Gasteiger partial charge in [0.1, 0.15) is 0 Å². The summed E-state index contributed by atoms with van der Waals surface area (Å²) in [6.07, 6.45) is 0. The van der Waals surface area contributed by atoms with E-state index in [0.29, 0.717) is 16.8 Å². The highest BCUT2D eigenvalue weighted by atomic mass is 79.9. The quantitative estimate of drug-likeness (QED) is 0.745. The van der Waals surface area contributed by atoms with E-state index in [4.69, 9.17) is 0 Å². The predicted octanol–water partition coefficient (Wildman–Crippen LogP) is 3.87. The van der Waals surface area contributed by atoms with Crippen molar-refractivity contribution in [2.75, 3.05) is 4.90 Å². The molecule has 0 bridgehead atoms. The van der Waals surface area contributed by atoms with Crippen molar-refractivity contribution in [3.8, 4) is 0 Å². The van der Waals surface area contributed by atoms with E-state index >= 15 is 0 Å². The highest BCUT2D eigenvalue weighted by Crippen LogP contribution is 2.33. The molecule has 0 unspecified atom stereocenters. The van der Waals surface area contributed by atoms with Crippen molar-refractivity contribution in [2.24, 2.45) is 0 Å². The molecular formula is C16H12BrNO2. The van der Waals surface area contributed by atoms with Crippen molar-refractivity contribution in [3.05, 3.63) is 63.1 Å². The molecule has 1 heterocycles.